The van der Waals surface area contributed by atoms with Crippen molar-refractivity contribution in [1.29, 1.82) is 0 Å². The van der Waals surface area contributed by atoms with E-state index in [-0.39, 0.29) is 17.3 Å². The van der Waals surface area contributed by atoms with E-state index in [9.17, 15) is 8.78 Å². The molecule has 1 aromatic carbocycles. The molecule has 0 aliphatic carbocycles. The molecule has 1 atom stereocenters. The van der Waals surface area contributed by atoms with Crippen LogP contribution in [0.25, 0.3) is 11.0 Å². The van der Waals surface area contributed by atoms with Gasteiger partial charge in [-0.05, 0) is 31.2 Å². The lowest BCUT2D eigenvalue weighted by Crippen LogP contribution is -1.99. The molecule has 0 aliphatic rings. The van der Waals surface area contributed by atoms with Gasteiger partial charge in [0.05, 0.1) is 5.39 Å². The fourth-order valence-corrected chi connectivity index (χ4v) is 2.35. The summed E-state index contributed by atoms with van der Waals surface area (Å²) in [4.78, 5) is 4.05. The van der Waals surface area contributed by atoms with Gasteiger partial charge < -0.3 is 11.1 Å². The first kappa shape index (κ1) is 14.5. The zero-order valence-electron chi connectivity index (χ0n) is 11.5. The fourth-order valence-electron chi connectivity index (χ4n) is 2.09. The summed E-state index contributed by atoms with van der Waals surface area (Å²) in [5, 5.41) is 9.90. The number of nitrogens with two attached hydrogens (primary N) is 1. The molecule has 3 rings (SSSR count). The summed E-state index contributed by atoms with van der Waals surface area (Å²) >= 11 is 5.92. The zero-order chi connectivity index (χ0) is 15.9. The maximum atomic E-state index is 14.1. The Labute approximate surface area is 129 Å². The number of hydrogen-bond acceptors (Lipinski definition) is 4. The number of H-pyrrole nitrogens is 1. The molecule has 0 fully saturated rings. The molecule has 4 N–H and O–H groups in total. The van der Waals surface area contributed by atoms with Crippen molar-refractivity contribution in [2.24, 2.45) is 0 Å². The van der Waals surface area contributed by atoms with Gasteiger partial charge in [-0.1, -0.05) is 11.6 Å². The highest BCUT2D eigenvalue weighted by Gasteiger charge is 2.13. The quantitative estimate of drug-likeness (QED) is 0.677. The van der Waals surface area contributed by atoms with Crippen molar-refractivity contribution in [2.45, 2.75) is 13.1 Å². The first-order valence-corrected chi connectivity index (χ1v) is 6.84. The van der Waals surface area contributed by atoms with E-state index in [0.29, 0.717) is 21.7 Å². The molecule has 22 heavy (non-hydrogen) atoms. The van der Waals surface area contributed by atoms with Crippen LogP contribution in [-0.4, -0.2) is 15.2 Å². The average Bonchev–Trinajstić information content (AvgIpc) is 2.82. The Kier molecular flexibility index (Phi) is 3.58. The second kappa shape index (κ2) is 5.42. The van der Waals surface area contributed by atoms with Crippen molar-refractivity contribution in [2.75, 3.05) is 11.1 Å². The highest BCUT2D eigenvalue weighted by atomic mass is 35.5. The second-order valence-electron chi connectivity index (χ2n) is 4.80. The van der Waals surface area contributed by atoms with Gasteiger partial charge >= 0.3 is 0 Å². The molecular weight excluding hydrogens is 312 g/mol. The van der Waals surface area contributed by atoms with E-state index in [1.165, 1.54) is 25.1 Å². The Morgan fingerprint density at radius 1 is 1.36 bits per heavy atom. The largest absolute Gasteiger partial charge is 0.384 e. The topological polar surface area (TPSA) is 79.6 Å². The van der Waals surface area contributed by atoms with Gasteiger partial charge in [-0.15, -0.1) is 0 Å². The average molecular weight is 324 g/mol. The predicted octanol–water partition coefficient (Wildman–Crippen LogP) is 4.11. The van der Waals surface area contributed by atoms with Crippen LogP contribution in [0.4, 0.5) is 26.1 Å². The molecular formula is C14H12ClF2N5. The van der Waals surface area contributed by atoms with E-state index in [1.54, 1.807) is 6.07 Å². The van der Waals surface area contributed by atoms with Crippen LogP contribution in [0, 0.1) is 5.82 Å². The van der Waals surface area contributed by atoms with Crippen molar-refractivity contribution in [3.63, 3.8) is 0 Å². The van der Waals surface area contributed by atoms with Gasteiger partial charge in [0.2, 0.25) is 0 Å². The SMILES string of the molecule is CC(F)c1cc(Nc2nc3n[nH]c(N)c3cc2F)ccc1Cl. The normalized spacial score (nSPS) is 12.5. The van der Waals surface area contributed by atoms with E-state index in [1.807, 2.05) is 0 Å². The van der Waals surface area contributed by atoms with Gasteiger partial charge in [0.25, 0.3) is 0 Å². The summed E-state index contributed by atoms with van der Waals surface area (Å²) in [6, 6.07) is 5.89. The first-order valence-electron chi connectivity index (χ1n) is 6.46. The van der Waals surface area contributed by atoms with E-state index >= 15 is 0 Å². The van der Waals surface area contributed by atoms with Gasteiger partial charge in [-0.2, -0.15) is 5.10 Å². The summed E-state index contributed by atoms with van der Waals surface area (Å²) in [6.45, 7) is 1.38. The van der Waals surface area contributed by atoms with E-state index in [2.05, 4.69) is 20.5 Å². The van der Waals surface area contributed by atoms with Crippen LogP contribution in [0.5, 0.6) is 0 Å². The number of rotatable bonds is 3. The van der Waals surface area contributed by atoms with Crippen molar-refractivity contribution >= 4 is 40.0 Å². The zero-order valence-corrected chi connectivity index (χ0v) is 12.2. The van der Waals surface area contributed by atoms with Crippen LogP contribution in [0.15, 0.2) is 24.3 Å². The molecule has 0 spiro atoms. The second-order valence-corrected chi connectivity index (χ2v) is 5.21. The van der Waals surface area contributed by atoms with Crippen LogP contribution in [0.2, 0.25) is 5.02 Å². The van der Waals surface area contributed by atoms with Gasteiger partial charge in [-0.3, -0.25) is 5.10 Å². The van der Waals surface area contributed by atoms with Gasteiger partial charge in [0.15, 0.2) is 17.3 Å². The molecule has 0 amide bonds. The van der Waals surface area contributed by atoms with Crippen molar-refractivity contribution < 1.29 is 8.78 Å². The van der Waals surface area contributed by atoms with Crippen LogP contribution >= 0.6 is 11.6 Å². The summed E-state index contributed by atoms with van der Waals surface area (Å²) in [7, 11) is 0. The molecule has 114 valence electrons. The number of anilines is 3. The minimum Gasteiger partial charge on any atom is -0.384 e. The number of fused-ring (bicyclic) bond motifs is 1. The summed E-state index contributed by atoms with van der Waals surface area (Å²) in [5.41, 5.74) is 6.69. The number of nitrogens with one attached hydrogen (secondary N) is 2. The number of alkyl halides is 1. The fraction of sp³-hybridized carbons (Fsp3) is 0.143. The third-order valence-electron chi connectivity index (χ3n) is 3.22. The molecule has 3 aromatic rings. The van der Waals surface area contributed by atoms with Crippen LogP contribution in [0.3, 0.4) is 0 Å². The summed E-state index contributed by atoms with van der Waals surface area (Å²) < 4.78 is 27.6. The molecule has 8 heteroatoms. The molecule has 0 bridgehead atoms. The Morgan fingerprint density at radius 3 is 2.86 bits per heavy atom. The molecule has 0 radical (unpaired) electrons. The Bertz CT molecular complexity index is 847. The first-order chi connectivity index (χ1) is 10.5. The summed E-state index contributed by atoms with van der Waals surface area (Å²) in [5.74, 6) is -0.378. The lowest BCUT2D eigenvalue weighted by atomic mass is 10.1. The third kappa shape index (κ3) is 2.55. The minimum absolute atomic E-state index is 0.0289. The van der Waals surface area contributed by atoms with Gasteiger partial charge in [0, 0.05) is 16.3 Å². The molecule has 5 nitrogen and oxygen atoms in total. The standard InChI is InChI=1S/C14H12ClF2N5/c1-6(16)8-4-7(2-3-10(8)15)19-14-11(17)5-9-12(18)21-22-13(9)20-14/h2-6H,1H3,(H4,18,19,20,21,22). The highest BCUT2D eigenvalue weighted by Crippen LogP contribution is 2.30. The van der Waals surface area contributed by atoms with E-state index < -0.39 is 12.0 Å². The molecule has 0 saturated carbocycles. The van der Waals surface area contributed by atoms with Crippen molar-refractivity contribution in [1.82, 2.24) is 15.2 Å². The van der Waals surface area contributed by atoms with Gasteiger partial charge in [0.1, 0.15) is 12.0 Å². The number of benzene rings is 1. The third-order valence-corrected chi connectivity index (χ3v) is 3.56. The molecule has 2 aromatic heterocycles. The van der Waals surface area contributed by atoms with Crippen LogP contribution < -0.4 is 11.1 Å². The number of nitrogens with zero attached hydrogens (tertiary/aromatic N) is 2. The minimum atomic E-state index is -1.24. The van der Waals surface area contributed by atoms with E-state index in [4.69, 9.17) is 17.3 Å². The monoisotopic (exact) mass is 323 g/mol. The van der Waals surface area contributed by atoms with Crippen LogP contribution in [-0.2, 0) is 0 Å². The van der Waals surface area contributed by atoms with Gasteiger partial charge in [-0.25, -0.2) is 13.8 Å². The number of nitrogen functional groups attached to an aromatic ring is 1. The number of aromatic amines is 1. The molecule has 2 heterocycles. The molecule has 0 saturated heterocycles. The molecule has 1 unspecified atom stereocenters. The maximum Gasteiger partial charge on any atom is 0.185 e. The smallest absolute Gasteiger partial charge is 0.185 e. The molecule has 0 aliphatic heterocycles. The predicted molar refractivity (Wildman–Crippen MR) is 82.5 cm³/mol. The Hall–Kier alpha value is -2.41. The van der Waals surface area contributed by atoms with E-state index in [0.717, 1.165) is 0 Å². The van der Waals surface area contributed by atoms with Crippen LogP contribution in [0.1, 0.15) is 18.7 Å². The number of hydrogen-bond donors (Lipinski definition) is 3. The lowest BCUT2D eigenvalue weighted by Gasteiger charge is -2.11. The maximum absolute atomic E-state index is 14.1. The Balaban J connectivity index is 1.99. The van der Waals surface area contributed by atoms with Crippen molar-refractivity contribution in [3.05, 3.63) is 40.7 Å². The Morgan fingerprint density at radius 2 is 2.14 bits per heavy atom. The van der Waals surface area contributed by atoms with Crippen molar-refractivity contribution in [3.8, 4) is 0 Å². The highest BCUT2D eigenvalue weighted by molar-refractivity contribution is 6.31. The number of pyridine rings is 1. The lowest BCUT2D eigenvalue weighted by molar-refractivity contribution is 0.374. The number of halogens is 3. The number of aromatic nitrogens is 3. The summed E-state index contributed by atoms with van der Waals surface area (Å²) in [6.07, 6.45) is -1.24.